The van der Waals surface area contributed by atoms with Crippen LogP contribution in [0.1, 0.15) is 32.3 Å². The second-order valence-corrected chi connectivity index (χ2v) is 4.91. The van der Waals surface area contributed by atoms with Gasteiger partial charge in [0.15, 0.2) is 0 Å². The first kappa shape index (κ1) is 14.5. The molecule has 0 saturated heterocycles. The van der Waals surface area contributed by atoms with E-state index in [0.717, 1.165) is 24.8 Å². The molecule has 3 heteroatoms. The maximum Gasteiger partial charge on any atom is 0.0546 e. The van der Waals surface area contributed by atoms with E-state index >= 15 is 0 Å². The normalized spacial score (nSPS) is 13.0. The summed E-state index contributed by atoms with van der Waals surface area (Å²) in [6.07, 6.45) is 0. The summed E-state index contributed by atoms with van der Waals surface area (Å²) in [7, 11) is 0. The Morgan fingerprint density at radius 1 is 1.35 bits per heavy atom. The van der Waals surface area contributed by atoms with E-state index in [1.54, 1.807) is 0 Å². The summed E-state index contributed by atoms with van der Waals surface area (Å²) in [5.74, 6) is 0.357. The lowest BCUT2D eigenvalue weighted by molar-refractivity contribution is 0.131. The van der Waals surface area contributed by atoms with Gasteiger partial charge >= 0.3 is 0 Å². The molecule has 0 aliphatic heterocycles. The Labute approximate surface area is 109 Å². The first-order valence-electron chi connectivity index (χ1n) is 6.20. The third-order valence-corrected chi connectivity index (χ3v) is 2.85. The van der Waals surface area contributed by atoms with Crippen molar-refractivity contribution in [1.82, 2.24) is 5.32 Å². The SMILES string of the molecule is CCOCC(CNC(C)C)c1cccc(Cl)c1. The monoisotopic (exact) mass is 255 g/mol. The van der Waals surface area contributed by atoms with E-state index in [1.807, 2.05) is 25.1 Å². The predicted molar refractivity (Wildman–Crippen MR) is 73.8 cm³/mol. The number of halogens is 1. The molecule has 0 heterocycles. The van der Waals surface area contributed by atoms with E-state index in [2.05, 4.69) is 25.2 Å². The van der Waals surface area contributed by atoms with Crippen molar-refractivity contribution in [1.29, 1.82) is 0 Å². The molecule has 1 aromatic rings. The topological polar surface area (TPSA) is 21.3 Å². The van der Waals surface area contributed by atoms with Crippen LogP contribution in [0, 0.1) is 0 Å². The molecule has 0 bridgehead atoms. The number of rotatable bonds is 7. The number of hydrogen-bond donors (Lipinski definition) is 1. The van der Waals surface area contributed by atoms with Crippen LogP contribution < -0.4 is 5.32 Å². The van der Waals surface area contributed by atoms with Crippen LogP contribution in [0.15, 0.2) is 24.3 Å². The van der Waals surface area contributed by atoms with Crippen molar-refractivity contribution >= 4 is 11.6 Å². The lowest BCUT2D eigenvalue weighted by Crippen LogP contribution is -2.30. The molecule has 0 fully saturated rings. The summed E-state index contributed by atoms with van der Waals surface area (Å²) in [6, 6.07) is 8.51. The second kappa shape index (κ2) is 7.70. The molecule has 17 heavy (non-hydrogen) atoms. The Kier molecular flexibility index (Phi) is 6.56. The average Bonchev–Trinajstić information content (AvgIpc) is 2.29. The first-order chi connectivity index (χ1) is 8.13. The molecule has 0 spiro atoms. The van der Waals surface area contributed by atoms with Crippen molar-refractivity contribution in [3.8, 4) is 0 Å². The van der Waals surface area contributed by atoms with Crippen LogP contribution in [-0.2, 0) is 4.74 Å². The van der Waals surface area contributed by atoms with E-state index in [9.17, 15) is 0 Å². The maximum absolute atomic E-state index is 6.02. The van der Waals surface area contributed by atoms with E-state index in [-0.39, 0.29) is 0 Å². The molecular formula is C14H22ClNO. The molecule has 96 valence electrons. The average molecular weight is 256 g/mol. The smallest absolute Gasteiger partial charge is 0.0546 e. The lowest BCUT2D eigenvalue weighted by atomic mass is 10.00. The van der Waals surface area contributed by atoms with Crippen LogP contribution in [0.3, 0.4) is 0 Å². The van der Waals surface area contributed by atoms with E-state index < -0.39 is 0 Å². The maximum atomic E-state index is 6.02. The van der Waals surface area contributed by atoms with Crippen molar-refractivity contribution in [3.63, 3.8) is 0 Å². The highest BCUT2D eigenvalue weighted by atomic mass is 35.5. The molecule has 0 aliphatic rings. The number of ether oxygens (including phenoxy) is 1. The van der Waals surface area contributed by atoms with Crippen LogP contribution in [0.4, 0.5) is 0 Å². The van der Waals surface area contributed by atoms with E-state index in [4.69, 9.17) is 16.3 Å². The summed E-state index contributed by atoms with van der Waals surface area (Å²) in [6.45, 7) is 8.71. The Hall–Kier alpha value is -0.570. The standard InChI is InChI=1S/C14H22ClNO/c1-4-17-10-13(9-16-11(2)3)12-6-5-7-14(15)8-12/h5-8,11,13,16H,4,9-10H2,1-3H3. The first-order valence-corrected chi connectivity index (χ1v) is 6.57. The van der Waals surface area contributed by atoms with Gasteiger partial charge in [0.2, 0.25) is 0 Å². The van der Waals surface area contributed by atoms with Crippen LogP contribution >= 0.6 is 11.6 Å². The number of benzene rings is 1. The zero-order valence-corrected chi connectivity index (χ0v) is 11.6. The molecule has 0 saturated carbocycles. The molecule has 0 radical (unpaired) electrons. The fraction of sp³-hybridized carbons (Fsp3) is 0.571. The highest BCUT2D eigenvalue weighted by Gasteiger charge is 2.12. The fourth-order valence-corrected chi connectivity index (χ4v) is 1.87. The van der Waals surface area contributed by atoms with Gasteiger partial charge in [-0.1, -0.05) is 37.6 Å². The van der Waals surface area contributed by atoms with Crippen molar-refractivity contribution in [3.05, 3.63) is 34.9 Å². The van der Waals surface area contributed by atoms with Crippen molar-refractivity contribution < 1.29 is 4.74 Å². The van der Waals surface area contributed by atoms with Crippen LogP contribution in [0.2, 0.25) is 5.02 Å². The van der Waals surface area contributed by atoms with Gasteiger partial charge in [0, 0.05) is 30.1 Å². The summed E-state index contributed by atoms with van der Waals surface area (Å²) >= 11 is 6.02. The molecule has 1 aromatic carbocycles. The van der Waals surface area contributed by atoms with Gasteiger partial charge in [-0.3, -0.25) is 0 Å². The molecule has 1 rings (SSSR count). The minimum Gasteiger partial charge on any atom is -0.381 e. The Bertz CT molecular complexity index is 328. The molecule has 2 nitrogen and oxygen atoms in total. The Morgan fingerprint density at radius 3 is 2.71 bits per heavy atom. The van der Waals surface area contributed by atoms with Crippen molar-refractivity contribution in [2.24, 2.45) is 0 Å². The summed E-state index contributed by atoms with van der Waals surface area (Å²) in [4.78, 5) is 0. The van der Waals surface area contributed by atoms with Gasteiger partial charge in [-0.05, 0) is 24.6 Å². The molecule has 0 amide bonds. The highest BCUT2D eigenvalue weighted by Crippen LogP contribution is 2.19. The number of nitrogens with one attached hydrogen (secondary N) is 1. The summed E-state index contributed by atoms with van der Waals surface area (Å²) in [5, 5.41) is 4.24. The molecule has 1 unspecified atom stereocenters. The summed E-state index contributed by atoms with van der Waals surface area (Å²) < 4.78 is 5.54. The van der Waals surface area contributed by atoms with Crippen LogP contribution in [0.25, 0.3) is 0 Å². The zero-order valence-electron chi connectivity index (χ0n) is 10.9. The lowest BCUT2D eigenvalue weighted by Gasteiger charge is -2.19. The third-order valence-electron chi connectivity index (χ3n) is 2.62. The van der Waals surface area contributed by atoms with Crippen LogP contribution in [-0.4, -0.2) is 25.8 Å². The highest BCUT2D eigenvalue weighted by molar-refractivity contribution is 6.30. The van der Waals surface area contributed by atoms with E-state index in [1.165, 1.54) is 5.56 Å². The van der Waals surface area contributed by atoms with Crippen molar-refractivity contribution in [2.75, 3.05) is 19.8 Å². The van der Waals surface area contributed by atoms with Gasteiger partial charge in [-0.25, -0.2) is 0 Å². The fourth-order valence-electron chi connectivity index (χ4n) is 1.67. The van der Waals surface area contributed by atoms with Gasteiger partial charge < -0.3 is 10.1 Å². The minimum atomic E-state index is 0.357. The van der Waals surface area contributed by atoms with Gasteiger partial charge in [-0.2, -0.15) is 0 Å². The predicted octanol–water partition coefficient (Wildman–Crippen LogP) is 3.46. The largest absolute Gasteiger partial charge is 0.381 e. The second-order valence-electron chi connectivity index (χ2n) is 4.47. The van der Waals surface area contributed by atoms with Gasteiger partial charge in [-0.15, -0.1) is 0 Å². The third kappa shape index (κ3) is 5.53. The number of hydrogen-bond acceptors (Lipinski definition) is 2. The Morgan fingerprint density at radius 2 is 2.12 bits per heavy atom. The quantitative estimate of drug-likeness (QED) is 0.806. The van der Waals surface area contributed by atoms with Crippen molar-refractivity contribution in [2.45, 2.75) is 32.7 Å². The molecule has 0 aromatic heterocycles. The molecular weight excluding hydrogens is 234 g/mol. The Balaban J connectivity index is 2.67. The van der Waals surface area contributed by atoms with Gasteiger partial charge in [0.05, 0.1) is 6.61 Å². The van der Waals surface area contributed by atoms with Gasteiger partial charge in [0.25, 0.3) is 0 Å². The molecule has 1 N–H and O–H groups in total. The van der Waals surface area contributed by atoms with E-state index in [0.29, 0.717) is 12.0 Å². The van der Waals surface area contributed by atoms with Crippen LogP contribution in [0.5, 0.6) is 0 Å². The minimum absolute atomic E-state index is 0.357. The zero-order chi connectivity index (χ0) is 12.7. The summed E-state index contributed by atoms with van der Waals surface area (Å²) in [5.41, 5.74) is 1.24. The molecule has 1 atom stereocenters. The van der Waals surface area contributed by atoms with Gasteiger partial charge in [0.1, 0.15) is 0 Å². The molecule has 0 aliphatic carbocycles.